The molecule has 1 aliphatic rings. The van der Waals surface area contributed by atoms with Crippen LogP contribution in [0.1, 0.15) is 28.8 Å². The minimum atomic E-state index is -0.673. The molecular weight excluding hydrogens is 384 g/mol. The molecule has 1 saturated heterocycles. The van der Waals surface area contributed by atoms with Crippen molar-refractivity contribution in [2.45, 2.75) is 25.4 Å². The van der Waals surface area contributed by atoms with Crippen molar-refractivity contribution in [1.82, 2.24) is 10.2 Å². The number of benzene rings is 2. The first-order valence-corrected chi connectivity index (χ1v) is 8.78. The molecule has 8 nitrogen and oxygen atoms in total. The Morgan fingerprint density at radius 3 is 2.50 bits per heavy atom. The van der Waals surface area contributed by atoms with Crippen molar-refractivity contribution in [1.29, 1.82) is 0 Å². The van der Waals surface area contributed by atoms with Gasteiger partial charge in [-0.1, -0.05) is 30.3 Å². The van der Waals surface area contributed by atoms with Gasteiger partial charge >= 0.3 is 0 Å². The summed E-state index contributed by atoms with van der Waals surface area (Å²) in [4.78, 5) is 25.1. The van der Waals surface area contributed by atoms with Gasteiger partial charge in [0.05, 0.1) is 10.5 Å². The number of nitrogens with one attached hydrogen (secondary N) is 1. The largest absolute Gasteiger partial charge is 0.507 e. The number of halogens is 1. The molecule has 0 aromatic heterocycles. The molecule has 1 amide bonds. The van der Waals surface area contributed by atoms with E-state index in [9.17, 15) is 20.0 Å². The van der Waals surface area contributed by atoms with Crippen LogP contribution in [-0.2, 0) is 6.54 Å². The van der Waals surface area contributed by atoms with E-state index in [1.165, 1.54) is 5.56 Å². The van der Waals surface area contributed by atoms with Gasteiger partial charge in [0.25, 0.3) is 11.6 Å². The predicted octanol–water partition coefficient (Wildman–Crippen LogP) is 2.70. The SMILES string of the molecule is Cl.Nc1cc(O)c(C(=O)NC2CCN(Cc3ccccc3)CC2)cc1[N+](=O)[O-]. The number of nitrogens with two attached hydrogens (primary N) is 1. The normalized spacial score (nSPS) is 14.9. The zero-order valence-corrected chi connectivity index (χ0v) is 16.0. The number of nitro benzene ring substituents is 1. The van der Waals surface area contributed by atoms with Crippen molar-refractivity contribution in [3.63, 3.8) is 0 Å². The number of carbonyl (C=O) groups is 1. The molecule has 0 aliphatic carbocycles. The fourth-order valence-electron chi connectivity index (χ4n) is 3.27. The van der Waals surface area contributed by atoms with Crippen LogP contribution in [-0.4, -0.2) is 40.0 Å². The van der Waals surface area contributed by atoms with Crippen molar-refractivity contribution in [3.05, 3.63) is 63.7 Å². The highest BCUT2D eigenvalue weighted by molar-refractivity contribution is 5.98. The van der Waals surface area contributed by atoms with E-state index in [2.05, 4.69) is 22.3 Å². The summed E-state index contributed by atoms with van der Waals surface area (Å²) in [6, 6.07) is 12.2. The predicted molar refractivity (Wildman–Crippen MR) is 109 cm³/mol. The number of phenolic OH excluding ortho intramolecular Hbond substituents is 1. The lowest BCUT2D eigenvalue weighted by Gasteiger charge is -2.32. The molecule has 0 saturated carbocycles. The topological polar surface area (TPSA) is 122 Å². The molecule has 0 bridgehead atoms. The van der Waals surface area contributed by atoms with Crippen LogP contribution in [0.2, 0.25) is 0 Å². The molecule has 2 aromatic carbocycles. The van der Waals surface area contributed by atoms with Crippen molar-refractivity contribution in [2.75, 3.05) is 18.8 Å². The van der Waals surface area contributed by atoms with Crippen LogP contribution in [0.3, 0.4) is 0 Å². The Balaban J connectivity index is 0.00000280. The second-order valence-corrected chi connectivity index (χ2v) is 6.69. The molecule has 0 unspecified atom stereocenters. The molecule has 2 aromatic rings. The maximum atomic E-state index is 12.4. The van der Waals surface area contributed by atoms with Crippen molar-refractivity contribution in [3.8, 4) is 5.75 Å². The van der Waals surface area contributed by atoms with Crippen LogP contribution in [0.5, 0.6) is 5.75 Å². The quantitative estimate of drug-likeness (QED) is 0.398. The van der Waals surface area contributed by atoms with Crippen LogP contribution in [0.4, 0.5) is 11.4 Å². The summed E-state index contributed by atoms with van der Waals surface area (Å²) in [5.74, 6) is -0.894. The first-order chi connectivity index (χ1) is 12.9. The smallest absolute Gasteiger partial charge is 0.293 e. The standard InChI is InChI=1S/C19H22N4O4.ClH/c20-16-11-18(24)15(10-17(16)23(26)27)19(25)21-14-6-8-22(9-7-14)12-13-4-2-1-3-5-13;/h1-5,10-11,14,24H,6-9,12,20H2,(H,21,25);1H. The third kappa shape index (κ3) is 5.11. The van der Waals surface area contributed by atoms with Gasteiger partial charge in [-0.2, -0.15) is 0 Å². The molecule has 3 rings (SSSR count). The van der Waals surface area contributed by atoms with Gasteiger partial charge in [0.15, 0.2) is 0 Å². The number of hydrogen-bond acceptors (Lipinski definition) is 6. The first kappa shape index (κ1) is 21.5. The number of anilines is 1. The van der Waals surface area contributed by atoms with E-state index in [0.29, 0.717) is 0 Å². The molecule has 0 atom stereocenters. The highest BCUT2D eigenvalue weighted by Gasteiger charge is 2.24. The van der Waals surface area contributed by atoms with Gasteiger partial charge in [-0.25, -0.2) is 0 Å². The molecule has 0 radical (unpaired) electrons. The Hall–Kier alpha value is -2.84. The lowest BCUT2D eigenvalue weighted by Crippen LogP contribution is -2.44. The number of nitrogens with zero attached hydrogens (tertiary/aromatic N) is 2. The van der Waals surface area contributed by atoms with Gasteiger partial charge in [-0.3, -0.25) is 19.8 Å². The molecule has 1 heterocycles. The minimum absolute atomic E-state index is 0. The average molecular weight is 407 g/mol. The number of nitro groups is 1. The summed E-state index contributed by atoms with van der Waals surface area (Å²) in [7, 11) is 0. The van der Waals surface area contributed by atoms with Gasteiger partial charge in [0.2, 0.25) is 0 Å². The highest BCUT2D eigenvalue weighted by Crippen LogP contribution is 2.30. The maximum absolute atomic E-state index is 12.4. The second-order valence-electron chi connectivity index (χ2n) is 6.69. The van der Waals surface area contributed by atoms with Crippen LogP contribution in [0.15, 0.2) is 42.5 Å². The van der Waals surface area contributed by atoms with Crippen molar-refractivity contribution >= 4 is 29.7 Å². The average Bonchev–Trinajstić information content (AvgIpc) is 2.64. The number of carbonyl (C=O) groups excluding carboxylic acids is 1. The van der Waals surface area contributed by atoms with Crippen LogP contribution in [0.25, 0.3) is 0 Å². The number of amides is 1. The third-order valence-corrected chi connectivity index (χ3v) is 4.76. The third-order valence-electron chi connectivity index (χ3n) is 4.76. The van der Waals surface area contributed by atoms with E-state index in [1.54, 1.807) is 0 Å². The number of hydrogen-bond donors (Lipinski definition) is 3. The number of phenols is 1. The van der Waals surface area contributed by atoms with Gasteiger partial charge in [0.1, 0.15) is 11.4 Å². The first-order valence-electron chi connectivity index (χ1n) is 8.78. The Bertz CT molecular complexity index is 839. The molecule has 9 heteroatoms. The van der Waals surface area contributed by atoms with E-state index < -0.39 is 16.5 Å². The minimum Gasteiger partial charge on any atom is -0.507 e. The number of aromatic hydroxyl groups is 1. The fourth-order valence-corrected chi connectivity index (χ4v) is 3.27. The molecular formula is C19H23ClN4O4. The molecule has 150 valence electrons. The summed E-state index contributed by atoms with van der Waals surface area (Å²) >= 11 is 0. The highest BCUT2D eigenvalue weighted by atomic mass is 35.5. The van der Waals surface area contributed by atoms with E-state index in [0.717, 1.165) is 44.6 Å². The number of nitrogen functional groups attached to an aromatic ring is 1. The van der Waals surface area contributed by atoms with E-state index in [-0.39, 0.29) is 35.4 Å². The zero-order chi connectivity index (χ0) is 19.4. The number of rotatable bonds is 5. The van der Waals surface area contributed by atoms with E-state index >= 15 is 0 Å². The van der Waals surface area contributed by atoms with Gasteiger partial charge in [-0.05, 0) is 18.4 Å². The summed E-state index contributed by atoms with van der Waals surface area (Å²) < 4.78 is 0. The molecule has 1 fully saturated rings. The van der Waals surface area contributed by atoms with Gasteiger partial charge in [0, 0.05) is 37.8 Å². The summed E-state index contributed by atoms with van der Waals surface area (Å²) in [6.07, 6.45) is 1.55. The fraction of sp³-hybridized carbons (Fsp3) is 0.316. The Morgan fingerprint density at radius 1 is 1.25 bits per heavy atom. The molecule has 1 aliphatic heterocycles. The van der Waals surface area contributed by atoms with E-state index in [4.69, 9.17) is 5.73 Å². The van der Waals surface area contributed by atoms with Gasteiger partial charge < -0.3 is 16.2 Å². The van der Waals surface area contributed by atoms with Crippen LogP contribution in [0, 0.1) is 10.1 Å². The molecule has 0 spiro atoms. The van der Waals surface area contributed by atoms with Crippen molar-refractivity contribution in [2.24, 2.45) is 0 Å². The van der Waals surface area contributed by atoms with Crippen LogP contribution >= 0.6 is 12.4 Å². The Morgan fingerprint density at radius 2 is 1.89 bits per heavy atom. The van der Waals surface area contributed by atoms with Crippen molar-refractivity contribution < 1.29 is 14.8 Å². The zero-order valence-electron chi connectivity index (χ0n) is 15.2. The number of likely N-dealkylation sites (tertiary alicyclic amines) is 1. The summed E-state index contributed by atoms with van der Waals surface area (Å²) in [5.41, 5.74) is 6.06. The Kier molecular flexibility index (Phi) is 7.19. The van der Waals surface area contributed by atoms with Crippen LogP contribution < -0.4 is 11.1 Å². The maximum Gasteiger partial charge on any atom is 0.293 e. The summed E-state index contributed by atoms with van der Waals surface area (Å²) in [5, 5.41) is 23.8. The van der Waals surface area contributed by atoms with Gasteiger partial charge in [-0.15, -0.1) is 12.4 Å². The monoisotopic (exact) mass is 406 g/mol. The van der Waals surface area contributed by atoms with E-state index in [1.807, 2.05) is 18.2 Å². The lowest BCUT2D eigenvalue weighted by atomic mass is 10.0. The summed E-state index contributed by atoms with van der Waals surface area (Å²) in [6.45, 7) is 2.55. The molecule has 4 N–H and O–H groups in total. The lowest BCUT2D eigenvalue weighted by molar-refractivity contribution is -0.383. The second kappa shape index (κ2) is 9.38. The molecule has 28 heavy (non-hydrogen) atoms. The Labute approximate surface area is 168 Å². The number of piperidine rings is 1.